The average molecular weight is 258 g/mol. The van der Waals surface area contributed by atoms with Gasteiger partial charge in [-0.15, -0.1) is 0 Å². The van der Waals surface area contributed by atoms with Gasteiger partial charge in [-0.1, -0.05) is 39.8 Å². The van der Waals surface area contributed by atoms with Crippen LogP contribution in [0.25, 0.3) is 5.69 Å². The van der Waals surface area contributed by atoms with Crippen LogP contribution in [0.15, 0.2) is 30.3 Å². The molecule has 2 rings (SSSR count). The zero-order valence-corrected chi connectivity index (χ0v) is 12.1. The average Bonchev–Trinajstić information content (AvgIpc) is 2.83. The summed E-state index contributed by atoms with van der Waals surface area (Å²) in [4.78, 5) is 0. The predicted molar refractivity (Wildman–Crippen MR) is 77.7 cm³/mol. The fourth-order valence-corrected chi connectivity index (χ4v) is 2.14. The summed E-state index contributed by atoms with van der Waals surface area (Å²) >= 11 is 0. The predicted octanol–water partition coefficient (Wildman–Crippen LogP) is 3.61. The van der Waals surface area contributed by atoms with Crippen LogP contribution in [0, 0.1) is 0 Å². The van der Waals surface area contributed by atoms with Crippen molar-refractivity contribution in [2.24, 2.45) is 0 Å². The molecule has 1 aromatic carbocycles. The van der Waals surface area contributed by atoms with Crippen LogP contribution in [0.4, 0.5) is 0 Å². The molecule has 102 valence electrons. The van der Waals surface area contributed by atoms with Crippen LogP contribution < -0.4 is 0 Å². The standard InChI is InChI=1S/C16H22N2O/c1-11(2)13-5-7-15(8-6-13)18-16(12(3)4)9-14(10-19)17-18/h5-9,11-12,19H,10H2,1-4H3. The van der Waals surface area contributed by atoms with Crippen LogP contribution in [0.3, 0.4) is 0 Å². The number of benzene rings is 1. The molecule has 0 fully saturated rings. The van der Waals surface area contributed by atoms with Crippen molar-refractivity contribution in [3.05, 3.63) is 47.3 Å². The maximum atomic E-state index is 9.25. The molecule has 0 saturated heterocycles. The number of hydrogen-bond donors (Lipinski definition) is 1. The molecule has 1 aromatic heterocycles. The van der Waals surface area contributed by atoms with Crippen LogP contribution in [-0.4, -0.2) is 14.9 Å². The molecule has 0 aliphatic rings. The van der Waals surface area contributed by atoms with Gasteiger partial charge in [-0.2, -0.15) is 5.10 Å². The van der Waals surface area contributed by atoms with E-state index >= 15 is 0 Å². The summed E-state index contributed by atoms with van der Waals surface area (Å²) in [6.45, 7) is 8.63. The normalized spacial score (nSPS) is 11.5. The van der Waals surface area contributed by atoms with Crippen molar-refractivity contribution >= 4 is 0 Å². The third kappa shape index (κ3) is 2.87. The lowest BCUT2D eigenvalue weighted by atomic mass is 10.0. The number of aromatic nitrogens is 2. The molecule has 19 heavy (non-hydrogen) atoms. The molecule has 0 radical (unpaired) electrons. The van der Waals surface area contributed by atoms with E-state index in [0.29, 0.717) is 11.8 Å². The first kappa shape index (κ1) is 13.8. The molecule has 1 heterocycles. The van der Waals surface area contributed by atoms with E-state index in [1.54, 1.807) is 0 Å². The van der Waals surface area contributed by atoms with Gasteiger partial charge in [0.1, 0.15) is 0 Å². The Kier molecular flexibility index (Phi) is 4.05. The van der Waals surface area contributed by atoms with E-state index in [9.17, 15) is 5.11 Å². The van der Waals surface area contributed by atoms with E-state index in [4.69, 9.17) is 0 Å². The van der Waals surface area contributed by atoms with Crippen molar-refractivity contribution in [1.82, 2.24) is 9.78 Å². The van der Waals surface area contributed by atoms with Crippen LogP contribution in [-0.2, 0) is 6.61 Å². The molecule has 0 spiro atoms. The zero-order valence-electron chi connectivity index (χ0n) is 12.1. The Morgan fingerprint density at radius 2 is 1.68 bits per heavy atom. The highest BCUT2D eigenvalue weighted by atomic mass is 16.3. The van der Waals surface area contributed by atoms with E-state index < -0.39 is 0 Å². The van der Waals surface area contributed by atoms with Gasteiger partial charge in [-0.3, -0.25) is 0 Å². The summed E-state index contributed by atoms with van der Waals surface area (Å²) in [5.41, 5.74) is 4.22. The molecule has 1 N–H and O–H groups in total. The number of aliphatic hydroxyl groups excluding tert-OH is 1. The van der Waals surface area contributed by atoms with E-state index in [-0.39, 0.29) is 6.61 Å². The number of nitrogens with zero attached hydrogens (tertiary/aromatic N) is 2. The largest absolute Gasteiger partial charge is 0.390 e. The second-order valence-electron chi connectivity index (χ2n) is 5.53. The molecule has 3 nitrogen and oxygen atoms in total. The molecule has 0 aliphatic carbocycles. The van der Waals surface area contributed by atoms with Crippen molar-refractivity contribution in [3.63, 3.8) is 0 Å². The zero-order chi connectivity index (χ0) is 14.0. The van der Waals surface area contributed by atoms with E-state index in [2.05, 4.69) is 57.1 Å². The lowest BCUT2D eigenvalue weighted by Crippen LogP contribution is -2.04. The summed E-state index contributed by atoms with van der Waals surface area (Å²) < 4.78 is 1.93. The van der Waals surface area contributed by atoms with Crippen LogP contribution >= 0.6 is 0 Å². The summed E-state index contributed by atoms with van der Waals surface area (Å²) in [6.07, 6.45) is 0. The maximum absolute atomic E-state index is 9.25. The molecular weight excluding hydrogens is 236 g/mol. The van der Waals surface area contributed by atoms with E-state index in [1.807, 2.05) is 10.7 Å². The third-order valence-electron chi connectivity index (χ3n) is 3.35. The fraction of sp³-hybridized carbons (Fsp3) is 0.438. The molecule has 0 atom stereocenters. The number of aliphatic hydroxyl groups is 1. The van der Waals surface area contributed by atoms with Gasteiger partial charge in [0.05, 0.1) is 18.0 Å². The minimum absolute atomic E-state index is 0.0171. The first-order valence-corrected chi connectivity index (χ1v) is 6.83. The number of hydrogen-bond acceptors (Lipinski definition) is 2. The molecule has 0 unspecified atom stereocenters. The van der Waals surface area contributed by atoms with Crippen molar-refractivity contribution in [1.29, 1.82) is 0 Å². The van der Waals surface area contributed by atoms with Gasteiger partial charge in [0.25, 0.3) is 0 Å². The van der Waals surface area contributed by atoms with Gasteiger partial charge in [-0.05, 0) is 35.6 Å². The summed E-state index contributed by atoms with van der Waals surface area (Å²) in [7, 11) is 0. The second-order valence-corrected chi connectivity index (χ2v) is 5.53. The molecular formula is C16H22N2O. The highest BCUT2D eigenvalue weighted by Gasteiger charge is 2.12. The summed E-state index contributed by atoms with van der Waals surface area (Å²) in [5, 5.41) is 13.7. The Labute approximate surface area is 114 Å². The lowest BCUT2D eigenvalue weighted by molar-refractivity contribution is 0.276. The SMILES string of the molecule is CC(C)c1ccc(-n2nc(CO)cc2C(C)C)cc1. The first-order valence-electron chi connectivity index (χ1n) is 6.83. The Morgan fingerprint density at radius 3 is 2.16 bits per heavy atom. The van der Waals surface area contributed by atoms with Crippen LogP contribution in [0.5, 0.6) is 0 Å². The number of rotatable bonds is 4. The van der Waals surface area contributed by atoms with E-state index in [1.165, 1.54) is 5.56 Å². The Bertz CT molecular complexity index is 538. The third-order valence-corrected chi connectivity index (χ3v) is 3.35. The van der Waals surface area contributed by atoms with Crippen molar-refractivity contribution in [3.8, 4) is 5.69 Å². The minimum Gasteiger partial charge on any atom is -0.390 e. The van der Waals surface area contributed by atoms with Crippen molar-refractivity contribution in [2.75, 3.05) is 0 Å². The minimum atomic E-state index is -0.0171. The van der Waals surface area contributed by atoms with Crippen molar-refractivity contribution < 1.29 is 5.11 Å². The van der Waals surface area contributed by atoms with Gasteiger partial charge in [0.2, 0.25) is 0 Å². The lowest BCUT2D eigenvalue weighted by Gasteiger charge is -2.11. The van der Waals surface area contributed by atoms with Crippen molar-refractivity contribution in [2.45, 2.75) is 46.1 Å². The highest BCUT2D eigenvalue weighted by Crippen LogP contribution is 2.22. The molecule has 0 saturated carbocycles. The molecule has 3 heteroatoms. The summed E-state index contributed by atoms with van der Waals surface area (Å²) in [6, 6.07) is 10.4. The van der Waals surface area contributed by atoms with Gasteiger partial charge >= 0.3 is 0 Å². The Hall–Kier alpha value is -1.61. The smallest absolute Gasteiger partial charge is 0.0886 e. The molecule has 0 amide bonds. The van der Waals surface area contributed by atoms with Gasteiger partial charge in [0.15, 0.2) is 0 Å². The summed E-state index contributed by atoms with van der Waals surface area (Å²) in [5.74, 6) is 0.904. The van der Waals surface area contributed by atoms with Crippen LogP contribution in [0.2, 0.25) is 0 Å². The molecule has 0 bridgehead atoms. The quantitative estimate of drug-likeness (QED) is 0.909. The molecule has 2 aromatic rings. The van der Waals surface area contributed by atoms with Gasteiger partial charge in [0, 0.05) is 5.69 Å². The second kappa shape index (κ2) is 5.57. The van der Waals surface area contributed by atoms with Gasteiger partial charge in [-0.25, -0.2) is 4.68 Å². The molecule has 0 aliphatic heterocycles. The fourth-order valence-electron chi connectivity index (χ4n) is 2.14. The first-order chi connectivity index (χ1) is 9.02. The Balaban J connectivity index is 2.42. The van der Waals surface area contributed by atoms with Crippen LogP contribution in [0.1, 0.15) is 56.5 Å². The Morgan fingerprint density at radius 1 is 1.05 bits per heavy atom. The monoisotopic (exact) mass is 258 g/mol. The van der Waals surface area contributed by atoms with E-state index in [0.717, 1.165) is 17.1 Å². The maximum Gasteiger partial charge on any atom is 0.0886 e. The topological polar surface area (TPSA) is 38.0 Å². The van der Waals surface area contributed by atoms with Gasteiger partial charge < -0.3 is 5.11 Å². The highest BCUT2D eigenvalue weighted by molar-refractivity contribution is 5.37.